The van der Waals surface area contributed by atoms with Crippen LogP contribution in [0.1, 0.15) is 6.92 Å². The molecule has 0 radical (unpaired) electrons. The van der Waals surface area contributed by atoms with Crippen LogP contribution in [0.4, 0.5) is 0 Å². The van der Waals surface area contributed by atoms with Gasteiger partial charge in [0.05, 0.1) is 12.6 Å². The van der Waals surface area contributed by atoms with Crippen molar-refractivity contribution in [3.63, 3.8) is 0 Å². The molecule has 1 aliphatic rings. The van der Waals surface area contributed by atoms with Gasteiger partial charge in [0.2, 0.25) is 11.7 Å². The molecule has 23 heavy (non-hydrogen) atoms. The van der Waals surface area contributed by atoms with E-state index in [9.17, 15) is 24.9 Å². The van der Waals surface area contributed by atoms with Crippen LogP contribution in [0.15, 0.2) is 24.5 Å². The van der Waals surface area contributed by atoms with Crippen LogP contribution in [0, 0.1) is 0 Å². The summed E-state index contributed by atoms with van der Waals surface area (Å²) in [6, 6.07) is -1.24. The lowest BCUT2D eigenvalue weighted by molar-refractivity contribution is -0.149. The van der Waals surface area contributed by atoms with Crippen molar-refractivity contribution in [3.8, 4) is 0 Å². The summed E-state index contributed by atoms with van der Waals surface area (Å²) in [7, 11) is 0. The Morgan fingerprint density at radius 1 is 1.48 bits per heavy atom. The summed E-state index contributed by atoms with van der Waals surface area (Å²) in [5, 5.41) is 40.5. The topological polar surface area (TPSA) is 146 Å². The van der Waals surface area contributed by atoms with Crippen LogP contribution in [-0.2, 0) is 19.1 Å². The Morgan fingerprint density at radius 2 is 2.13 bits per heavy atom. The maximum Gasteiger partial charge on any atom is 0.374 e. The molecular formula is C14H21NO8. The summed E-state index contributed by atoms with van der Waals surface area (Å²) in [4.78, 5) is 23.0. The van der Waals surface area contributed by atoms with Crippen LogP contribution >= 0.6 is 0 Å². The van der Waals surface area contributed by atoms with Gasteiger partial charge in [-0.3, -0.25) is 4.79 Å². The molecule has 1 aliphatic heterocycles. The fourth-order valence-corrected chi connectivity index (χ4v) is 2.01. The van der Waals surface area contributed by atoms with E-state index in [0.29, 0.717) is 0 Å². The van der Waals surface area contributed by atoms with Gasteiger partial charge in [-0.1, -0.05) is 12.7 Å². The van der Waals surface area contributed by atoms with Crippen LogP contribution in [0.2, 0.25) is 0 Å². The first kappa shape index (κ1) is 19.1. The first-order valence-electron chi connectivity index (χ1n) is 6.90. The minimum atomic E-state index is -1.76. The van der Waals surface area contributed by atoms with Crippen molar-refractivity contribution in [3.05, 3.63) is 24.5 Å². The Hall–Kier alpha value is -1.94. The average Bonchev–Trinajstić information content (AvgIpc) is 2.88. The standard InChI is InChI=1S/C14H21NO8/c1-3-4-22-10-5-9(23-14(10)21)11(15-7(2)17)13(20)12(19)8(18)6-16/h3,5,8-9,11-13,16,18-20H,1,4,6H2,2H3,(H,15,17)/t8-,9+,11-,12-,13-/m1/s1. The van der Waals surface area contributed by atoms with E-state index in [1.54, 1.807) is 0 Å². The third kappa shape index (κ3) is 5.03. The van der Waals surface area contributed by atoms with Gasteiger partial charge in [-0.05, 0) is 0 Å². The van der Waals surface area contributed by atoms with Crippen LogP contribution in [0.5, 0.6) is 0 Å². The predicted octanol–water partition coefficient (Wildman–Crippen LogP) is -2.42. The van der Waals surface area contributed by atoms with E-state index in [4.69, 9.17) is 14.6 Å². The zero-order valence-electron chi connectivity index (χ0n) is 12.6. The first-order chi connectivity index (χ1) is 10.8. The molecule has 0 aromatic rings. The zero-order chi connectivity index (χ0) is 17.6. The smallest absolute Gasteiger partial charge is 0.374 e. The monoisotopic (exact) mass is 331 g/mol. The van der Waals surface area contributed by atoms with E-state index in [2.05, 4.69) is 11.9 Å². The van der Waals surface area contributed by atoms with Crippen LogP contribution in [0.25, 0.3) is 0 Å². The van der Waals surface area contributed by atoms with Gasteiger partial charge in [0.15, 0.2) is 0 Å². The van der Waals surface area contributed by atoms with Gasteiger partial charge in [0.25, 0.3) is 0 Å². The maximum atomic E-state index is 11.7. The number of ether oxygens (including phenoxy) is 2. The minimum absolute atomic E-state index is 0.0624. The van der Waals surface area contributed by atoms with Crippen molar-refractivity contribution in [2.75, 3.05) is 13.2 Å². The fourth-order valence-electron chi connectivity index (χ4n) is 2.01. The first-order valence-corrected chi connectivity index (χ1v) is 6.90. The van der Waals surface area contributed by atoms with Crippen molar-refractivity contribution >= 4 is 11.9 Å². The normalized spacial score (nSPS) is 22.4. The quantitative estimate of drug-likeness (QED) is 0.232. The lowest BCUT2D eigenvalue weighted by atomic mass is 9.96. The Balaban J connectivity index is 2.94. The summed E-state index contributed by atoms with van der Waals surface area (Å²) in [6.07, 6.45) is -3.53. The molecule has 9 nitrogen and oxygen atoms in total. The number of hydrogen-bond acceptors (Lipinski definition) is 8. The van der Waals surface area contributed by atoms with Crippen LogP contribution in [0.3, 0.4) is 0 Å². The third-order valence-corrected chi connectivity index (χ3v) is 3.14. The third-order valence-electron chi connectivity index (χ3n) is 3.14. The molecule has 1 amide bonds. The highest BCUT2D eigenvalue weighted by molar-refractivity contribution is 5.89. The summed E-state index contributed by atoms with van der Waals surface area (Å²) < 4.78 is 10.1. The predicted molar refractivity (Wildman–Crippen MR) is 76.8 cm³/mol. The number of carbonyl (C=O) groups is 2. The minimum Gasteiger partial charge on any atom is -0.482 e. The second-order valence-corrected chi connectivity index (χ2v) is 4.96. The fraction of sp³-hybridized carbons (Fsp3) is 0.571. The number of carbonyl (C=O) groups excluding carboxylic acids is 2. The van der Waals surface area contributed by atoms with Gasteiger partial charge < -0.3 is 35.2 Å². The second kappa shape index (κ2) is 8.63. The van der Waals surface area contributed by atoms with Gasteiger partial charge in [0.1, 0.15) is 31.0 Å². The summed E-state index contributed by atoms with van der Waals surface area (Å²) in [6.45, 7) is 3.88. The Labute approximate surface area is 132 Å². The van der Waals surface area contributed by atoms with Crippen LogP contribution < -0.4 is 5.32 Å². The van der Waals surface area contributed by atoms with E-state index in [0.717, 1.165) is 0 Å². The molecule has 5 atom stereocenters. The number of cyclic esters (lactones) is 1. The highest BCUT2D eigenvalue weighted by Crippen LogP contribution is 2.21. The maximum absolute atomic E-state index is 11.7. The van der Waals surface area contributed by atoms with Gasteiger partial charge in [-0.25, -0.2) is 4.79 Å². The SMILES string of the molecule is C=CCOC1=C[C@@H]([C@@H](NC(C)=O)[C@@H](O)[C@H](O)[C@H](O)CO)OC1=O. The molecule has 0 saturated heterocycles. The molecule has 0 aromatic carbocycles. The number of esters is 1. The largest absolute Gasteiger partial charge is 0.482 e. The number of aliphatic hydroxyl groups is 4. The highest BCUT2D eigenvalue weighted by Gasteiger charge is 2.41. The van der Waals surface area contributed by atoms with Gasteiger partial charge in [-0.15, -0.1) is 0 Å². The Morgan fingerprint density at radius 3 is 2.65 bits per heavy atom. The molecule has 0 fully saturated rings. The molecule has 0 aromatic heterocycles. The van der Waals surface area contributed by atoms with Gasteiger partial charge >= 0.3 is 5.97 Å². The molecule has 9 heteroatoms. The molecular weight excluding hydrogens is 310 g/mol. The van der Waals surface area contributed by atoms with Crippen molar-refractivity contribution in [1.82, 2.24) is 5.32 Å². The second-order valence-electron chi connectivity index (χ2n) is 4.96. The highest BCUT2D eigenvalue weighted by atomic mass is 16.6. The van der Waals surface area contributed by atoms with Crippen molar-refractivity contribution in [1.29, 1.82) is 0 Å². The number of nitrogens with one attached hydrogen (secondary N) is 1. The molecule has 0 spiro atoms. The van der Waals surface area contributed by atoms with E-state index in [1.165, 1.54) is 19.1 Å². The molecule has 0 saturated carbocycles. The van der Waals surface area contributed by atoms with Crippen molar-refractivity contribution in [2.45, 2.75) is 37.4 Å². The number of aliphatic hydroxyl groups excluding tert-OH is 4. The summed E-state index contributed by atoms with van der Waals surface area (Å²) >= 11 is 0. The molecule has 1 heterocycles. The lowest BCUT2D eigenvalue weighted by Gasteiger charge is -2.31. The number of rotatable bonds is 9. The average molecular weight is 331 g/mol. The Kier molecular flexibility index (Phi) is 7.17. The summed E-state index contributed by atoms with van der Waals surface area (Å²) in [5.41, 5.74) is 0. The molecule has 1 rings (SSSR count). The van der Waals surface area contributed by atoms with Gasteiger partial charge in [-0.2, -0.15) is 0 Å². The van der Waals surface area contributed by atoms with E-state index >= 15 is 0 Å². The van der Waals surface area contributed by atoms with E-state index in [-0.39, 0.29) is 12.4 Å². The molecule has 0 bridgehead atoms. The summed E-state index contributed by atoms with van der Waals surface area (Å²) in [5.74, 6) is -1.46. The van der Waals surface area contributed by atoms with Gasteiger partial charge in [0, 0.05) is 13.0 Å². The van der Waals surface area contributed by atoms with Crippen molar-refractivity contribution < 1.29 is 39.5 Å². The molecule has 0 aliphatic carbocycles. The molecule has 130 valence electrons. The number of amides is 1. The Bertz CT molecular complexity index is 477. The zero-order valence-corrected chi connectivity index (χ0v) is 12.6. The van der Waals surface area contributed by atoms with E-state index < -0.39 is 48.9 Å². The molecule has 5 N–H and O–H groups in total. The molecule has 0 unspecified atom stereocenters. The number of hydrogen-bond donors (Lipinski definition) is 5. The van der Waals surface area contributed by atoms with E-state index in [1.807, 2.05) is 0 Å². The van der Waals surface area contributed by atoms with Crippen molar-refractivity contribution in [2.24, 2.45) is 0 Å². The lowest BCUT2D eigenvalue weighted by Crippen LogP contribution is -2.57. The van der Waals surface area contributed by atoms with Crippen LogP contribution in [-0.4, -0.2) is 76.0 Å².